The molecule has 8 heteroatoms. The van der Waals surface area contributed by atoms with Crippen LogP contribution in [-0.2, 0) is 4.79 Å². The molecule has 0 spiro atoms. The highest BCUT2D eigenvalue weighted by atomic mass is 16.2. The number of aromatic nitrogens is 4. The van der Waals surface area contributed by atoms with Gasteiger partial charge in [0.15, 0.2) is 5.65 Å². The van der Waals surface area contributed by atoms with Gasteiger partial charge in [0, 0.05) is 26.2 Å². The minimum atomic E-state index is -0.639. The molecular weight excluding hydrogens is 306 g/mol. The number of fused-ring (bicyclic) bond motifs is 1. The normalized spacial score (nSPS) is 21.2. The van der Waals surface area contributed by atoms with Crippen molar-refractivity contribution in [2.75, 3.05) is 31.1 Å². The van der Waals surface area contributed by atoms with Crippen molar-refractivity contribution in [3.63, 3.8) is 0 Å². The van der Waals surface area contributed by atoms with E-state index in [-0.39, 0.29) is 5.91 Å². The average Bonchev–Trinajstić information content (AvgIpc) is 3.09. The summed E-state index contributed by atoms with van der Waals surface area (Å²) in [5.41, 5.74) is 6.49. The maximum Gasteiger partial charge on any atom is 0.242 e. The molecular formula is C16H23N7O. The number of anilines is 1. The van der Waals surface area contributed by atoms with E-state index in [0.717, 1.165) is 50.2 Å². The van der Waals surface area contributed by atoms with Gasteiger partial charge >= 0.3 is 0 Å². The summed E-state index contributed by atoms with van der Waals surface area (Å²) < 4.78 is 1.67. The standard InChI is InChI=1S/C16H23N7O/c17-16(6-2-1-3-7-16)15(24)22-10-8-21(9-11-22)14-5-4-13-19-18-12-23(13)20-14/h4-5,12H,1-3,6-11,17H2. The highest BCUT2D eigenvalue weighted by Crippen LogP contribution is 2.28. The fourth-order valence-electron chi connectivity index (χ4n) is 3.74. The molecule has 0 bridgehead atoms. The van der Waals surface area contributed by atoms with Gasteiger partial charge in [-0.1, -0.05) is 19.3 Å². The topological polar surface area (TPSA) is 92.7 Å². The lowest BCUT2D eigenvalue weighted by atomic mass is 9.81. The van der Waals surface area contributed by atoms with Gasteiger partial charge in [-0.3, -0.25) is 4.79 Å². The van der Waals surface area contributed by atoms with Crippen LogP contribution in [0.25, 0.3) is 5.65 Å². The molecule has 2 aromatic heterocycles. The number of carbonyl (C=O) groups is 1. The first kappa shape index (κ1) is 15.3. The minimum absolute atomic E-state index is 0.129. The number of nitrogens with two attached hydrogens (primary N) is 1. The van der Waals surface area contributed by atoms with Gasteiger partial charge in [-0.25, -0.2) is 0 Å². The van der Waals surface area contributed by atoms with Crippen molar-refractivity contribution in [3.05, 3.63) is 18.5 Å². The first-order valence-electron chi connectivity index (χ1n) is 8.66. The SMILES string of the molecule is NC1(C(=O)N2CCN(c3ccc4nncn4n3)CC2)CCCCC1. The molecule has 1 amide bonds. The zero-order valence-corrected chi connectivity index (χ0v) is 13.8. The summed E-state index contributed by atoms with van der Waals surface area (Å²) in [6, 6.07) is 3.86. The van der Waals surface area contributed by atoms with E-state index in [1.54, 1.807) is 10.8 Å². The third-order valence-corrected chi connectivity index (χ3v) is 5.21. The highest BCUT2D eigenvalue weighted by Gasteiger charge is 2.39. The first-order valence-corrected chi connectivity index (χ1v) is 8.66. The van der Waals surface area contributed by atoms with Crippen LogP contribution in [0.15, 0.2) is 18.5 Å². The molecule has 0 atom stereocenters. The van der Waals surface area contributed by atoms with E-state index in [0.29, 0.717) is 13.1 Å². The molecule has 128 valence electrons. The van der Waals surface area contributed by atoms with E-state index in [9.17, 15) is 4.79 Å². The van der Waals surface area contributed by atoms with Crippen LogP contribution in [0.1, 0.15) is 32.1 Å². The molecule has 24 heavy (non-hydrogen) atoms. The lowest BCUT2D eigenvalue weighted by Crippen LogP contribution is -2.60. The van der Waals surface area contributed by atoms with Crippen molar-refractivity contribution < 1.29 is 4.79 Å². The highest BCUT2D eigenvalue weighted by molar-refractivity contribution is 5.86. The predicted molar refractivity (Wildman–Crippen MR) is 89.6 cm³/mol. The van der Waals surface area contributed by atoms with Crippen LogP contribution in [0.2, 0.25) is 0 Å². The summed E-state index contributed by atoms with van der Waals surface area (Å²) in [7, 11) is 0. The van der Waals surface area contributed by atoms with E-state index in [1.807, 2.05) is 17.0 Å². The van der Waals surface area contributed by atoms with Crippen LogP contribution in [0.5, 0.6) is 0 Å². The van der Waals surface area contributed by atoms with Gasteiger partial charge in [0.1, 0.15) is 12.1 Å². The number of nitrogens with zero attached hydrogens (tertiary/aromatic N) is 6. The van der Waals surface area contributed by atoms with Gasteiger partial charge in [0.2, 0.25) is 5.91 Å². The Kier molecular flexibility index (Phi) is 3.84. The van der Waals surface area contributed by atoms with Crippen molar-refractivity contribution in [1.82, 2.24) is 24.7 Å². The molecule has 1 aliphatic heterocycles. The maximum absolute atomic E-state index is 12.8. The van der Waals surface area contributed by atoms with Crippen molar-refractivity contribution in [2.45, 2.75) is 37.6 Å². The Morgan fingerprint density at radius 3 is 2.58 bits per heavy atom. The zero-order valence-electron chi connectivity index (χ0n) is 13.8. The lowest BCUT2D eigenvalue weighted by molar-refractivity contribution is -0.138. The summed E-state index contributed by atoms with van der Waals surface area (Å²) in [6.45, 7) is 2.92. The van der Waals surface area contributed by atoms with Crippen LogP contribution >= 0.6 is 0 Å². The summed E-state index contributed by atoms with van der Waals surface area (Å²) >= 11 is 0. The van der Waals surface area contributed by atoms with E-state index in [2.05, 4.69) is 20.2 Å². The van der Waals surface area contributed by atoms with Gasteiger partial charge in [-0.15, -0.1) is 15.3 Å². The molecule has 0 unspecified atom stereocenters. The number of hydrogen-bond acceptors (Lipinski definition) is 6. The Balaban J connectivity index is 1.41. The third kappa shape index (κ3) is 2.71. The van der Waals surface area contributed by atoms with Crippen LogP contribution in [-0.4, -0.2) is 62.3 Å². The molecule has 1 saturated heterocycles. The van der Waals surface area contributed by atoms with E-state index >= 15 is 0 Å². The number of carbonyl (C=O) groups excluding carboxylic acids is 1. The van der Waals surface area contributed by atoms with E-state index in [1.165, 1.54) is 6.42 Å². The monoisotopic (exact) mass is 329 g/mol. The summed E-state index contributed by atoms with van der Waals surface area (Å²) in [6.07, 6.45) is 6.54. The molecule has 2 aromatic rings. The van der Waals surface area contributed by atoms with Crippen molar-refractivity contribution in [3.8, 4) is 0 Å². The van der Waals surface area contributed by atoms with Gasteiger partial charge in [-0.05, 0) is 25.0 Å². The van der Waals surface area contributed by atoms with Crippen molar-refractivity contribution in [2.24, 2.45) is 5.73 Å². The molecule has 3 heterocycles. The smallest absolute Gasteiger partial charge is 0.242 e. The number of rotatable bonds is 2. The Morgan fingerprint density at radius 2 is 1.83 bits per heavy atom. The Hall–Kier alpha value is -2.22. The molecule has 0 aromatic carbocycles. The Bertz CT molecular complexity index is 729. The molecule has 2 aliphatic rings. The Labute approximate surface area is 140 Å². The number of amides is 1. The quantitative estimate of drug-likeness (QED) is 0.859. The fourth-order valence-corrected chi connectivity index (χ4v) is 3.74. The average molecular weight is 329 g/mol. The summed E-state index contributed by atoms with van der Waals surface area (Å²) in [5.74, 6) is 1.01. The zero-order chi connectivity index (χ0) is 16.6. The third-order valence-electron chi connectivity index (χ3n) is 5.21. The van der Waals surface area contributed by atoms with Gasteiger partial charge in [0.25, 0.3) is 0 Å². The largest absolute Gasteiger partial charge is 0.352 e. The minimum Gasteiger partial charge on any atom is -0.352 e. The number of piperazine rings is 1. The maximum atomic E-state index is 12.8. The second kappa shape index (κ2) is 6.01. The van der Waals surface area contributed by atoms with Crippen molar-refractivity contribution in [1.29, 1.82) is 0 Å². The van der Waals surface area contributed by atoms with Crippen LogP contribution < -0.4 is 10.6 Å². The molecule has 2 N–H and O–H groups in total. The lowest BCUT2D eigenvalue weighted by Gasteiger charge is -2.41. The second-order valence-electron chi connectivity index (χ2n) is 6.82. The van der Waals surface area contributed by atoms with E-state index < -0.39 is 5.54 Å². The molecule has 1 saturated carbocycles. The number of hydrogen-bond donors (Lipinski definition) is 1. The molecule has 0 radical (unpaired) electrons. The Morgan fingerprint density at radius 1 is 1.08 bits per heavy atom. The van der Waals surface area contributed by atoms with Gasteiger partial charge in [-0.2, -0.15) is 4.52 Å². The fraction of sp³-hybridized carbons (Fsp3) is 0.625. The molecule has 4 rings (SSSR count). The molecule has 2 fully saturated rings. The van der Waals surface area contributed by atoms with Crippen molar-refractivity contribution >= 4 is 17.4 Å². The van der Waals surface area contributed by atoms with Crippen LogP contribution in [0, 0.1) is 0 Å². The predicted octanol–water partition coefficient (Wildman–Crippen LogP) is 0.434. The van der Waals surface area contributed by atoms with E-state index in [4.69, 9.17) is 5.73 Å². The second-order valence-corrected chi connectivity index (χ2v) is 6.82. The van der Waals surface area contributed by atoms with Crippen LogP contribution in [0.4, 0.5) is 5.82 Å². The van der Waals surface area contributed by atoms with Gasteiger partial charge < -0.3 is 15.5 Å². The first-order chi connectivity index (χ1) is 11.7. The summed E-state index contributed by atoms with van der Waals surface area (Å²) in [5, 5.41) is 12.3. The van der Waals surface area contributed by atoms with Crippen LogP contribution in [0.3, 0.4) is 0 Å². The molecule has 8 nitrogen and oxygen atoms in total. The summed E-state index contributed by atoms with van der Waals surface area (Å²) in [4.78, 5) is 16.9. The van der Waals surface area contributed by atoms with Gasteiger partial charge in [0.05, 0.1) is 5.54 Å². The molecule has 1 aliphatic carbocycles.